The largest absolute Gasteiger partial charge is 0.456 e. The topological polar surface area (TPSA) is 63.7 Å². The van der Waals surface area contributed by atoms with Crippen molar-refractivity contribution in [3.63, 3.8) is 0 Å². The standard InChI is InChI=1S/C12H19NO4S/c1-12-7-5-4-6-9(12)10(17-11(12)14)8-18(15,16)13(2)3/h6,10H,4-5,7-8H2,1-3H3/t10?,12-/m0/s1. The smallest absolute Gasteiger partial charge is 0.316 e. The van der Waals surface area contributed by atoms with Gasteiger partial charge in [-0.3, -0.25) is 4.79 Å². The minimum atomic E-state index is -3.37. The van der Waals surface area contributed by atoms with Crippen LogP contribution in [0.15, 0.2) is 11.6 Å². The minimum Gasteiger partial charge on any atom is -0.456 e. The molecule has 0 bridgehead atoms. The lowest BCUT2D eigenvalue weighted by Crippen LogP contribution is -2.33. The van der Waals surface area contributed by atoms with E-state index in [2.05, 4.69) is 0 Å². The normalized spacial score (nSPS) is 32.1. The molecule has 0 aromatic rings. The van der Waals surface area contributed by atoms with Gasteiger partial charge in [-0.2, -0.15) is 0 Å². The first kappa shape index (κ1) is 13.5. The Bertz CT molecular complexity index is 494. The zero-order valence-electron chi connectivity index (χ0n) is 11.0. The number of allylic oxidation sites excluding steroid dienone is 1. The van der Waals surface area contributed by atoms with Gasteiger partial charge in [0, 0.05) is 14.1 Å². The molecule has 1 saturated heterocycles. The first-order chi connectivity index (χ1) is 8.27. The highest BCUT2D eigenvalue weighted by Crippen LogP contribution is 2.46. The van der Waals surface area contributed by atoms with E-state index in [9.17, 15) is 13.2 Å². The van der Waals surface area contributed by atoms with E-state index in [-0.39, 0.29) is 11.7 Å². The first-order valence-corrected chi connectivity index (χ1v) is 7.70. The predicted octanol–water partition coefficient (Wildman–Crippen LogP) is 0.920. The predicted molar refractivity (Wildman–Crippen MR) is 67.4 cm³/mol. The van der Waals surface area contributed by atoms with Crippen molar-refractivity contribution >= 4 is 16.0 Å². The quantitative estimate of drug-likeness (QED) is 0.566. The van der Waals surface area contributed by atoms with Crippen LogP contribution in [0.5, 0.6) is 0 Å². The van der Waals surface area contributed by atoms with Crippen molar-refractivity contribution in [2.75, 3.05) is 19.8 Å². The van der Waals surface area contributed by atoms with E-state index in [1.807, 2.05) is 13.0 Å². The van der Waals surface area contributed by atoms with E-state index in [0.717, 1.165) is 24.8 Å². The molecule has 2 aliphatic rings. The van der Waals surface area contributed by atoms with Crippen LogP contribution in [0.4, 0.5) is 0 Å². The molecule has 102 valence electrons. The van der Waals surface area contributed by atoms with Gasteiger partial charge in [0.25, 0.3) is 0 Å². The van der Waals surface area contributed by atoms with E-state index in [1.54, 1.807) is 0 Å². The van der Waals surface area contributed by atoms with Crippen molar-refractivity contribution in [1.82, 2.24) is 4.31 Å². The van der Waals surface area contributed by atoms with Crippen LogP contribution in [0.2, 0.25) is 0 Å². The van der Waals surface area contributed by atoms with Crippen LogP contribution in [0.1, 0.15) is 26.2 Å². The second-order valence-electron chi connectivity index (χ2n) is 5.34. The van der Waals surface area contributed by atoms with Crippen molar-refractivity contribution in [3.05, 3.63) is 11.6 Å². The number of hydrogen-bond donors (Lipinski definition) is 0. The fraction of sp³-hybridized carbons (Fsp3) is 0.750. The number of rotatable bonds is 3. The zero-order valence-corrected chi connectivity index (χ0v) is 11.8. The molecule has 0 N–H and O–H groups in total. The van der Waals surface area contributed by atoms with Gasteiger partial charge in [-0.15, -0.1) is 0 Å². The van der Waals surface area contributed by atoms with E-state index in [1.165, 1.54) is 18.4 Å². The van der Waals surface area contributed by atoms with E-state index in [0.29, 0.717) is 0 Å². The number of cyclic esters (lactones) is 1. The monoisotopic (exact) mass is 273 g/mol. The SMILES string of the molecule is CN(C)S(=O)(=O)CC1OC(=O)[C@@]2(C)CCCC=C12. The number of carbonyl (C=O) groups is 1. The summed E-state index contributed by atoms with van der Waals surface area (Å²) in [7, 11) is -0.394. The summed E-state index contributed by atoms with van der Waals surface area (Å²) in [6, 6.07) is 0. The maximum Gasteiger partial charge on any atom is 0.316 e. The molecule has 0 aromatic carbocycles. The Labute approximate surface area is 108 Å². The zero-order chi connectivity index (χ0) is 13.6. The number of carbonyl (C=O) groups excluding carboxylic acids is 1. The summed E-state index contributed by atoms with van der Waals surface area (Å²) in [5.74, 6) is -0.444. The lowest BCUT2D eigenvalue weighted by Gasteiger charge is -2.26. The third kappa shape index (κ3) is 2.07. The van der Waals surface area contributed by atoms with Crippen LogP contribution < -0.4 is 0 Å². The molecule has 5 nitrogen and oxygen atoms in total. The summed E-state index contributed by atoms with van der Waals surface area (Å²) >= 11 is 0. The summed E-state index contributed by atoms with van der Waals surface area (Å²) in [5.41, 5.74) is 0.245. The van der Waals surface area contributed by atoms with Gasteiger partial charge in [-0.1, -0.05) is 6.08 Å². The number of sulfonamides is 1. The van der Waals surface area contributed by atoms with E-state index in [4.69, 9.17) is 4.74 Å². The highest BCUT2D eigenvalue weighted by molar-refractivity contribution is 7.89. The molecule has 1 unspecified atom stereocenters. The maximum absolute atomic E-state index is 11.9. The lowest BCUT2D eigenvalue weighted by atomic mass is 9.74. The molecule has 18 heavy (non-hydrogen) atoms. The van der Waals surface area contributed by atoms with Crippen molar-refractivity contribution < 1.29 is 17.9 Å². The summed E-state index contributed by atoms with van der Waals surface area (Å²) in [4.78, 5) is 11.9. The molecule has 0 radical (unpaired) electrons. The molecular formula is C12H19NO4S. The van der Waals surface area contributed by atoms with Crippen LogP contribution in [0.25, 0.3) is 0 Å². The number of fused-ring (bicyclic) bond motifs is 1. The van der Waals surface area contributed by atoms with Crippen molar-refractivity contribution in [2.45, 2.75) is 32.3 Å². The fourth-order valence-corrected chi connectivity index (χ4v) is 3.50. The van der Waals surface area contributed by atoms with Gasteiger partial charge in [0.1, 0.15) is 11.9 Å². The Morgan fingerprint density at radius 2 is 2.17 bits per heavy atom. The van der Waals surface area contributed by atoms with Crippen molar-refractivity contribution in [2.24, 2.45) is 5.41 Å². The Morgan fingerprint density at radius 1 is 1.50 bits per heavy atom. The Kier molecular flexibility index (Phi) is 3.27. The third-order valence-electron chi connectivity index (χ3n) is 3.85. The summed E-state index contributed by atoms with van der Waals surface area (Å²) < 4.78 is 30.2. The molecule has 1 aliphatic heterocycles. The molecule has 0 amide bonds. The van der Waals surface area contributed by atoms with Gasteiger partial charge >= 0.3 is 5.97 Å². The van der Waals surface area contributed by atoms with Crippen LogP contribution in [-0.4, -0.2) is 44.6 Å². The molecule has 0 saturated carbocycles. The minimum absolute atomic E-state index is 0.160. The highest BCUT2D eigenvalue weighted by atomic mass is 32.2. The van der Waals surface area contributed by atoms with Gasteiger partial charge in [-0.05, 0) is 31.8 Å². The van der Waals surface area contributed by atoms with Crippen LogP contribution in [0.3, 0.4) is 0 Å². The summed E-state index contributed by atoms with van der Waals surface area (Å²) in [6.07, 6.45) is 3.94. The van der Waals surface area contributed by atoms with Crippen molar-refractivity contribution in [1.29, 1.82) is 0 Å². The number of hydrogen-bond acceptors (Lipinski definition) is 4. The summed E-state index contributed by atoms with van der Waals surface area (Å²) in [6.45, 7) is 1.85. The molecule has 6 heteroatoms. The maximum atomic E-state index is 11.9. The van der Waals surface area contributed by atoms with Gasteiger partial charge in [0.15, 0.2) is 0 Å². The average molecular weight is 273 g/mol. The first-order valence-electron chi connectivity index (χ1n) is 6.09. The second kappa shape index (κ2) is 4.35. The Morgan fingerprint density at radius 3 is 2.78 bits per heavy atom. The number of ether oxygens (including phenoxy) is 1. The van der Waals surface area contributed by atoms with Crippen LogP contribution in [0, 0.1) is 5.41 Å². The second-order valence-corrected chi connectivity index (χ2v) is 7.57. The lowest BCUT2D eigenvalue weighted by molar-refractivity contribution is -0.147. The van der Waals surface area contributed by atoms with Crippen LogP contribution >= 0.6 is 0 Å². The molecular weight excluding hydrogens is 254 g/mol. The molecule has 0 spiro atoms. The highest BCUT2D eigenvalue weighted by Gasteiger charge is 2.51. The number of esters is 1. The molecule has 1 aliphatic carbocycles. The Balaban J connectivity index is 2.27. The van der Waals surface area contributed by atoms with Gasteiger partial charge in [0.2, 0.25) is 10.0 Å². The number of nitrogens with zero attached hydrogens (tertiary/aromatic N) is 1. The molecule has 1 heterocycles. The van der Waals surface area contributed by atoms with Gasteiger partial charge < -0.3 is 4.74 Å². The van der Waals surface area contributed by atoms with Gasteiger partial charge in [-0.25, -0.2) is 12.7 Å². The van der Waals surface area contributed by atoms with E-state index < -0.39 is 21.5 Å². The van der Waals surface area contributed by atoms with E-state index >= 15 is 0 Å². The summed E-state index contributed by atoms with van der Waals surface area (Å²) in [5, 5.41) is 0. The molecule has 0 aromatic heterocycles. The molecule has 2 atom stereocenters. The van der Waals surface area contributed by atoms with Crippen LogP contribution in [-0.2, 0) is 19.6 Å². The van der Waals surface area contributed by atoms with Crippen molar-refractivity contribution in [3.8, 4) is 0 Å². The fourth-order valence-electron chi connectivity index (χ4n) is 2.58. The Hall–Kier alpha value is -0.880. The average Bonchev–Trinajstić information content (AvgIpc) is 2.51. The van der Waals surface area contributed by atoms with Gasteiger partial charge in [0.05, 0.1) is 5.41 Å². The molecule has 2 rings (SSSR count). The molecule has 1 fully saturated rings. The third-order valence-corrected chi connectivity index (χ3v) is 5.68.